The standard InChI is InChI=1S/C20H30N8O/c1-21-20(23-12-15-7-8-22-19(11-15)27-9-3-4-10-27)24-16-5-6-18-25-17(14-29-2)26-28(18)13-16/h7-8,11,16H,3-6,9-10,12-14H2,1-2H3,(H2,21,23,24). The molecule has 2 aliphatic rings. The number of aliphatic imine (C=N–C) groups is 1. The number of guanidine groups is 1. The Bertz CT molecular complexity index is 843. The number of hydrogen-bond donors (Lipinski definition) is 2. The first kappa shape index (κ1) is 19.6. The van der Waals surface area contributed by atoms with Gasteiger partial charge in [0.15, 0.2) is 11.8 Å². The van der Waals surface area contributed by atoms with Gasteiger partial charge in [-0.25, -0.2) is 14.6 Å². The van der Waals surface area contributed by atoms with E-state index in [0.29, 0.717) is 13.2 Å². The maximum Gasteiger partial charge on any atom is 0.191 e. The molecule has 29 heavy (non-hydrogen) atoms. The fourth-order valence-corrected chi connectivity index (χ4v) is 3.93. The summed E-state index contributed by atoms with van der Waals surface area (Å²) in [6, 6.07) is 4.49. The van der Waals surface area contributed by atoms with Crippen LogP contribution in [0.25, 0.3) is 0 Å². The van der Waals surface area contributed by atoms with Crippen molar-refractivity contribution in [1.29, 1.82) is 0 Å². The Morgan fingerprint density at radius 1 is 1.34 bits per heavy atom. The lowest BCUT2D eigenvalue weighted by molar-refractivity contribution is 0.177. The van der Waals surface area contributed by atoms with Crippen LogP contribution < -0.4 is 15.5 Å². The molecule has 2 aromatic rings. The van der Waals surface area contributed by atoms with Gasteiger partial charge in [0.1, 0.15) is 18.2 Å². The van der Waals surface area contributed by atoms with E-state index in [1.54, 1.807) is 14.2 Å². The number of aryl methyl sites for hydroxylation is 1. The molecular formula is C20H30N8O. The Morgan fingerprint density at radius 2 is 2.21 bits per heavy atom. The van der Waals surface area contributed by atoms with Crippen LogP contribution in [-0.2, 0) is 30.9 Å². The Balaban J connectivity index is 1.31. The number of nitrogens with zero attached hydrogens (tertiary/aromatic N) is 6. The van der Waals surface area contributed by atoms with Gasteiger partial charge >= 0.3 is 0 Å². The van der Waals surface area contributed by atoms with Crippen LogP contribution in [0.5, 0.6) is 0 Å². The molecule has 0 radical (unpaired) electrons. The first-order valence-electron chi connectivity index (χ1n) is 10.3. The number of fused-ring (bicyclic) bond motifs is 1. The third kappa shape index (κ3) is 4.84. The third-order valence-corrected chi connectivity index (χ3v) is 5.44. The number of nitrogens with one attached hydrogen (secondary N) is 2. The van der Waals surface area contributed by atoms with Crippen molar-refractivity contribution in [2.75, 3.05) is 32.1 Å². The Morgan fingerprint density at radius 3 is 3.00 bits per heavy atom. The van der Waals surface area contributed by atoms with Crippen molar-refractivity contribution in [2.24, 2.45) is 4.99 Å². The molecule has 0 aliphatic carbocycles. The minimum absolute atomic E-state index is 0.267. The highest BCUT2D eigenvalue weighted by atomic mass is 16.5. The molecule has 1 atom stereocenters. The zero-order valence-electron chi connectivity index (χ0n) is 17.3. The van der Waals surface area contributed by atoms with Crippen LogP contribution in [0.4, 0.5) is 5.82 Å². The number of hydrogen-bond acceptors (Lipinski definition) is 6. The highest BCUT2D eigenvalue weighted by molar-refractivity contribution is 5.80. The molecule has 4 heterocycles. The molecular weight excluding hydrogens is 368 g/mol. The van der Waals surface area contributed by atoms with Gasteiger partial charge in [-0.15, -0.1) is 0 Å². The highest BCUT2D eigenvalue weighted by Gasteiger charge is 2.22. The van der Waals surface area contributed by atoms with Crippen molar-refractivity contribution >= 4 is 11.8 Å². The molecule has 9 heteroatoms. The van der Waals surface area contributed by atoms with Gasteiger partial charge in [0.05, 0.1) is 6.54 Å². The van der Waals surface area contributed by atoms with Crippen molar-refractivity contribution in [3.8, 4) is 0 Å². The summed E-state index contributed by atoms with van der Waals surface area (Å²) in [5.74, 6) is 3.65. The smallest absolute Gasteiger partial charge is 0.191 e. The molecule has 4 rings (SSSR count). The minimum Gasteiger partial charge on any atom is -0.377 e. The van der Waals surface area contributed by atoms with Gasteiger partial charge in [0.25, 0.3) is 0 Å². The fraction of sp³-hybridized carbons (Fsp3) is 0.600. The molecule has 0 amide bonds. The first-order chi connectivity index (χ1) is 14.2. The predicted octanol–water partition coefficient (Wildman–Crippen LogP) is 1.10. The largest absolute Gasteiger partial charge is 0.377 e. The highest BCUT2D eigenvalue weighted by Crippen LogP contribution is 2.18. The number of rotatable bonds is 6. The summed E-state index contributed by atoms with van der Waals surface area (Å²) in [5.41, 5.74) is 1.20. The molecule has 0 saturated carbocycles. The first-order valence-corrected chi connectivity index (χ1v) is 10.3. The Labute approximate surface area is 171 Å². The van der Waals surface area contributed by atoms with E-state index in [0.717, 1.165) is 55.9 Å². The summed E-state index contributed by atoms with van der Waals surface area (Å²) in [7, 11) is 3.47. The van der Waals surface area contributed by atoms with E-state index in [2.05, 4.69) is 47.7 Å². The van der Waals surface area contributed by atoms with Crippen molar-refractivity contribution in [2.45, 2.75) is 51.4 Å². The van der Waals surface area contributed by atoms with Crippen molar-refractivity contribution in [3.05, 3.63) is 35.5 Å². The Kier molecular flexibility index (Phi) is 6.24. The molecule has 0 spiro atoms. The van der Waals surface area contributed by atoms with Crippen LogP contribution in [0.1, 0.15) is 36.5 Å². The van der Waals surface area contributed by atoms with Crippen molar-refractivity contribution in [1.82, 2.24) is 30.4 Å². The third-order valence-electron chi connectivity index (χ3n) is 5.44. The lowest BCUT2D eigenvalue weighted by atomic mass is 10.1. The van der Waals surface area contributed by atoms with Crippen molar-refractivity contribution < 1.29 is 4.74 Å². The lowest BCUT2D eigenvalue weighted by Gasteiger charge is -2.25. The second-order valence-electron chi connectivity index (χ2n) is 7.58. The van der Waals surface area contributed by atoms with Crippen LogP contribution in [0, 0.1) is 0 Å². The average molecular weight is 399 g/mol. The van der Waals surface area contributed by atoms with Gasteiger partial charge in [-0.05, 0) is 37.0 Å². The van der Waals surface area contributed by atoms with Gasteiger partial charge in [-0.3, -0.25) is 4.99 Å². The average Bonchev–Trinajstić information content (AvgIpc) is 3.41. The molecule has 2 aliphatic heterocycles. The van der Waals surface area contributed by atoms with Gasteiger partial charge in [0.2, 0.25) is 0 Å². The number of ether oxygens (including phenoxy) is 1. The topological polar surface area (TPSA) is 92.5 Å². The number of anilines is 1. The SMILES string of the molecule is CN=C(NCc1ccnc(N2CCCC2)c1)NC1CCc2nc(COC)nn2C1. The number of methoxy groups -OCH3 is 1. The summed E-state index contributed by atoms with van der Waals surface area (Å²) in [6.07, 6.45) is 6.30. The summed E-state index contributed by atoms with van der Waals surface area (Å²) < 4.78 is 7.12. The second-order valence-corrected chi connectivity index (χ2v) is 7.58. The van der Waals surface area contributed by atoms with Crippen LogP contribution in [0.2, 0.25) is 0 Å². The fourth-order valence-electron chi connectivity index (χ4n) is 3.93. The van der Waals surface area contributed by atoms with Gasteiger partial charge in [0, 0.05) is 52.5 Å². The molecule has 1 fully saturated rings. The van der Waals surface area contributed by atoms with Crippen LogP contribution in [-0.4, -0.2) is 59.0 Å². The van der Waals surface area contributed by atoms with Gasteiger partial charge in [-0.1, -0.05) is 0 Å². The molecule has 156 valence electrons. The molecule has 9 nitrogen and oxygen atoms in total. The normalized spacial score (nSPS) is 19.3. The van der Waals surface area contributed by atoms with E-state index in [-0.39, 0.29) is 6.04 Å². The van der Waals surface area contributed by atoms with E-state index in [1.165, 1.54) is 18.4 Å². The number of pyridine rings is 1. The zero-order valence-corrected chi connectivity index (χ0v) is 17.3. The minimum atomic E-state index is 0.267. The molecule has 1 saturated heterocycles. The van der Waals surface area contributed by atoms with Crippen LogP contribution in [0.3, 0.4) is 0 Å². The molecule has 1 unspecified atom stereocenters. The summed E-state index contributed by atoms with van der Waals surface area (Å²) in [6.45, 7) is 4.15. The molecule has 0 aromatic carbocycles. The Hall–Kier alpha value is -2.68. The quantitative estimate of drug-likeness (QED) is 0.556. The van der Waals surface area contributed by atoms with E-state index in [4.69, 9.17) is 4.74 Å². The van der Waals surface area contributed by atoms with E-state index in [9.17, 15) is 0 Å². The van der Waals surface area contributed by atoms with E-state index in [1.807, 2.05) is 10.9 Å². The molecule has 2 N–H and O–H groups in total. The monoisotopic (exact) mass is 398 g/mol. The van der Waals surface area contributed by atoms with Gasteiger partial charge in [-0.2, -0.15) is 5.10 Å². The second kappa shape index (κ2) is 9.21. The van der Waals surface area contributed by atoms with Gasteiger partial charge < -0.3 is 20.3 Å². The molecule has 2 aromatic heterocycles. The predicted molar refractivity (Wildman–Crippen MR) is 112 cm³/mol. The van der Waals surface area contributed by atoms with E-state index >= 15 is 0 Å². The van der Waals surface area contributed by atoms with Crippen LogP contribution >= 0.6 is 0 Å². The zero-order chi connectivity index (χ0) is 20.1. The lowest BCUT2D eigenvalue weighted by Crippen LogP contribution is -2.46. The van der Waals surface area contributed by atoms with Crippen molar-refractivity contribution in [3.63, 3.8) is 0 Å². The maximum absolute atomic E-state index is 5.14. The summed E-state index contributed by atoms with van der Waals surface area (Å²) >= 11 is 0. The van der Waals surface area contributed by atoms with E-state index < -0.39 is 0 Å². The summed E-state index contributed by atoms with van der Waals surface area (Å²) in [5, 5.41) is 11.5. The summed E-state index contributed by atoms with van der Waals surface area (Å²) in [4.78, 5) is 15.8. The number of aromatic nitrogens is 4. The molecule has 0 bridgehead atoms. The van der Waals surface area contributed by atoms with Crippen LogP contribution in [0.15, 0.2) is 23.3 Å². The maximum atomic E-state index is 5.14.